The monoisotopic (exact) mass is 689 g/mol. The van der Waals surface area contributed by atoms with Crippen molar-refractivity contribution in [3.8, 4) is 44.5 Å². The molecule has 0 aliphatic rings. The minimum absolute atomic E-state index is 0.872. The first-order valence-electron chi connectivity index (χ1n) is 18.4. The molecule has 0 saturated heterocycles. The van der Waals surface area contributed by atoms with Gasteiger partial charge in [0.05, 0.1) is 11.1 Å². The molecule has 1 heterocycles. The highest BCUT2D eigenvalue weighted by Crippen LogP contribution is 2.44. The van der Waals surface area contributed by atoms with Crippen molar-refractivity contribution in [1.82, 2.24) is 0 Å². The van der Waals surface area contributed by atoms with Crippen LogP contribution in [0.3, 0.4) is 0 Å². The lowest BCUT2D eigenvalue weighted by molar-refractivity contribution is 0.669. The Hall–Kier alpha value is -7.16. The van der Waals surface area contributed by atoms with Crippen molar-refractivity contribution in [2.75, 3.05) is 4.90 Å². The molecule has 10 aromatic rings. The third-order valence-corrected chi connectivity index (χ3v) is 10.5. The molecule has 0 unspecified atom stereocenters. The second-order valence-electron chi connectivity index (χ2n) is 13.7. The van der Waals surface area contributed by atoms with Crippen molar-refractivity contribution < 1.29 is 4.42 Å². The summed E-state index contributed by atoms with van der Waals surface area (Å²) < 4.78 is 6.35. The summed E-state index contributed by atoms with van der Waals surface area (Å²) in [7, 11) is 0. The summed E-state index contributed by atoms with van der Waals surface area (Å²) in [4.78, 5) is 2.35. The molecule has 10 rings (SSSR count). The number of rotatable bonds is 7. The lowest BCUT2D eigenvalue weighted by Gasteiger charge is -2.26. The summed E-state index contributed by atoms with van der Waals surface area (Å²) in [6.45, 7) is 0. The number of anilines is 3. The lowest BCUT2D eigenvalue weighted by Crippen LogP contribution is -2.10. The SMILES string of the molecule is c1ccc(-c2ccc(N(c3ccc(-c4cccc(-c5cccc6cccc(-c7ccccc7)c56)c4)cc3)c3cccc4oc5ccccc5c34)cc2)cc1. The van der Waals surface area contributed by atoms with Gasteiger partial charge >= 0.3 is 0 Å². The molecule has 1 aromatic heterocycles. The zero-order valence-electron chi connectivity index (χ0n) is 29.6. The fourth-order valence-corrected chi connectivity index (χ4v) is 7.91. The van der Waals surface area contributed by atoms with Crippen LogP contribution in [-0.4, -0.2) is 0 Å². The van der Waals surface area contributed by atoms with Crippen LogP contribution < -0.4 is 4.90 Å². The molecule has 254 valence electrons. The van der Waals surface area contributed by atoms with Gasteiger partial charge in [0.2, 0.25) is 0 Å². The third kappa shape index (κ3) is 5.62. The van der Waals surface area contributed by atoms with Crippen LogP contribution in [0.2, 0.25) is 0 Å². The highest BCUT2D eigenvalue weighted by molar-refractivity contribution is 6.13. The fraction of sp³-hybridized carbons (Fsp3) is 0. The van der Waals surface area contributed by atoms with E-state index < -0.39 is 0 Å². The summed E-state index contributed by atoms with van der Waals surface area (Å²) >= 11 is 0. The van der Waals surface area contributed by atoms with Crippen molar-refractivity contribution in [2.24, 2.45) is 0 Å². The van der Waals surface area contributed by atoms with Gasteiger partial charge in [0.25, 0.3) is 0 Å². The van der Waals surface area contributed by atoms with Crippen LogP contribution in [0.4, 0.5) is 17.1 Å². The van der Waals surface area contributed by atoms with E-state index in [0.29, 0.717) is 0 Å². The van der Waals surface area contributed by atoms with Crippen LogP contribution >= 0.6 is 0 Å². The lowest BCUT2D eigenvalue weighted by atomic mass is 9.90. The number of fused-ring (bicyclic) bond motifs is 4. The van der Waals surface area contributed by atoms with E-state index in [2.05, 4.69) is 205 Å². The standard InChI is InChI=1S/C52H35NO/c1-3-13-36(14-4-1)37-27-31-43(32-28-37)53(48-24-12-26-50-52(48)47-21-7-8-25-49(47)54-50)44-33-29-38(30-34-44)41-19-9-20-42(35-41)46-23-11-18-40-17-10-22-45(51(40)46)39-15-5-2-6-16-39/h1-35H. The van der Waals surface area contributed by atoms with E-state index in [9.17, 15) is 0 Å². The minimum Gasteiger partial charge on any atom is -0.456 e. The van der Waals surface area contributed by atoms with E-state index in [-0.39, 0.29) is 0 Å². The number of nitrogens with zero attached hydrogens (tertiary/aromatic N) is 1. The maximum absolute atomic E-state index is 6.35. The molecule has 54 heavy (non-hydrogen) atoms. The van der Waals surface area contributed by atoms with Gasteiger partial charge in [-0.25, -0.2) is 0 Å². The molecular weight excluding hydrogens is 655 g/mol. The largest absolute Gasteiger partial charge is 0.456 e. The molecule has 0 aliphatic carbocycles. The van der Waals surface area contributed by atoms with E-state index in [1.54, 1.807) is 0 Å². The first kappa shape index (κ1) is 31.6. The van der Waals surface area contributed by atoms with Crippen molar-refractivity contribution >= 4 is 49.8 Å². The average Bonchev–Trinajstić information content (AvgIpc) is 3.64. The van der Waals surface area contributed by atoms with Crippen molar-refractivity contribution in [3.63, 3.8) is 0 Å². The molecule has 0 N–H and O–H groups in total. The summed E-state index contributed by atoms with van der Waals surface area (Å²) in [6, 6.07) is 75.8. The molecule has 0 fully saturated rings. The van der Waals surface area contributed by atoms with Gasteiger partial charge in [-0.15, -0.1) is 0 Å². The number of hydrogen-bond donors (Lipinski definition) is 0. The smallest absolute Gasteiger partial charge is 0.137 e. The van der Waals surface area contributed by atoms with Gasteiger partial charge < -0.3 is 9.32 Å². The summed E-state index contributed by atoms with van der Waals surface area (Å²) in [6.07, 6.45) is 0. The van der Waals surface area contributed by atoms with Crippen LogP contribution in [0.25, 0.3) is 77.2 Å². The Balaban J connectivity index is 1.07. The summed E-state index contributed by atoms with van der Waals surface area (Å²) in [5.41, 5.74) is 14.6. The topological polar surface area (TPSA) is 16.4 Å². The molecule has 0 aliphatic heterocycles. The molecule has 0 amide bonds. The van der Waals surface area contributed by atoms with Gasteiger partial charge in [0.1, 0.15) is 11.2 Å². The quantitative estimate of drug-likeness (QED) is 0.166. The van der Waals surface area contributed by atoms with Crippen molar-refractivity contribution in [1.29, 1.82) is 0 Å². The molecule has 0 saturated carbocycles. The van der Waals surface area contributed by atoms with Crippen LogP contribution in [0.5, 0.6) is 0 Å². The van der Waals surface area contributed by atoms with Crippen LogP contribution in [-0.2, 0) is 0 Å². The Morgan fingerprint density at radius 2 is 0.815 bits per heavy atom. The summed E-state index contributed by atoms with van der Waals surface area (Å²) in [5, 5.41) is 4.71. The van der Waals surface area contributed by atoms with E-state index >= 15 is 0 Å². The molecule has 0 atom stereocenters. The second kappa shape index (κ2) is 13.4. The van der Waals surface area contributed by atoms with Crippen LogP contribution in [0, 0.1) is 0 Å². The van der Waals surface area contributed by atoms with Crippen LogP contribution in [0.15, 0.2) is 217 Å². The maximum atomic E-state index is 6.35. The summed E-state index contributed by atoms with van der Waals surface area (Å²) in [5.74, 6) is 0. The maximum Gasteiger partial charge on any atom is 0.137 e. The Labute approximate surface area is 314 Å². The first-order valence-corrected chi connectivity index (χ1v) is 18.4. The Kier molecular flexibility index (Phi) is 7.85. The third-order valence-electron chi connectivity index (χ3n) is 10.5. The van der Waals surface area contributed by atoms with Crippen molar-refractivity contribution in [2.45, 2.75) is 0 Å². The van der Waals surface area contributed by atoms with Crippen LogP contribution in [0.1, 0.15) is 0 Å². The Bertz CT molecular complexity index is 2900. The van der Waals surface area contributed by atoms with Gasteiger partial charge in [0, 0.05) is 16.8 Å². The van der Waals surface area contributed by atoms with Gasteiger partial charge in [0.15, 0.2) is 0 Å². The number of furan rings is 1. The second-order valence-corrected chi connectivity index (χ2v) is 13.7. The Morgan fingerprint density at radius 3 is 1.52 bits per heavy atom. The first-order chi connectivity index (χ1) is 26.8. The van der Waals surface area contributed by atoms with E-state index in [0.717, 1.165) is 44.6 Å². The molecule has 0 bridgehead atoms. The molecule has 9 aromatic carbocycles. The average molecular weight is 690 g/mol. The van der Waals surface area contributed by atoms with E-state index in [4.69, 9.17) is 4.42 Å². The zero-order valence-corrected chi connectivity index (χ0v) is 29.6. The molecule has 0 spiro atoms. The highest BCUT2D eigenvalue weighted by Gasteiger charge is 2.20. The molecule has 0 radical (unpaired) electrons. The minimum atomic E-state index is 0.872. The molecule has 2 heteroatoms. The number of benzene rings is 9. The Morgan fingerprint density at radius 1 is 0.315 bits per heavy atom. The van der Waals surface area contributed by atoms with E-state index in [1.807, 2.05) is 12.1 Å². The predicted octanol–water partition coefficient (Wildman–Crippen LogP) is 14.9. The number of hydrogen-bond acceptors (Lipinski definition) is 2. The fourth-order valence-electron chi connectivity index (χ4n) is 7.91. The normalized spacial score (nSPS) is 11.3. The van der Waals surface area contributed by atoms with Crippen molar-refractivity contribution in [3.05, 3.63) is 212 Å². The number of para-hydroxylation sites is 1. The predicted molar refractivity (Wildman–Crippen MR) is 228 cm³/mol. The van der Waals surface area contributed by atoms with Gasteiger partial charge in [-0.3, -0.25) is 0 Å². The van der Waals surface area contributed by atoms with E-state index in [1.165, 1.54) is 49.7 Å². The molecular formula is C52H35NO. The van der Waals surface area contributed by atoms with Gasteiger partial charge in [-0.05, 0) is 104 Å². The highest BCUT2D eigenvalue weighted by atomic mass is 16.3. The molecule has 2 nitrogen and oxygen atoms in total. The van der Waals surface area contributed by atoms with Gasteiger partial charge in [-0.2, -0.15) is 0 Å². The zero-order chi connectivity index (χ0) is 35.8. The van der Waals surface area contributed by atoms with Gasteiger partial charge in [-0.1, -0.05) is 164 Å².